The van der Waals surface area contributed by atoms with Gasteiger partial charge in [-0.2, -0.15) is 0 Å². The maximum absolute atomic E-state index is 4.33. The minimum atomic E-state index is 0.762. The van der Waals surface area contributed by atoms with Crippen molar-refractivity contribution in [2.24, 2.45) is 11.8 Å². The Balaban J connectivity index is 2.25. The topological polar surface area (TPSA) is 24.9 Å². The zero-order valence-electron chi connectivity index (χ0n) is 12.2. The zero-order chi connectivity index (χ0) is 13.2. The number of pyridine rings is 1. The smallest absolute Gasteiger partial charge is 0.0541 e. The fraction of sp³-hybridized carbons (Fsp3) is 0.688. The molecule has 102 valence electrons. The average molecular weight is 248 g/mol. The second kappa shape index (κ2) is 9.09. The summed E-state index contributed by atoms with van der Waals surface area (Å²) in [4.78, 5) is 4.33. The van der Waals surface area contributed by atoms with Crippen molar-refractivity contribution in [3.05, 3.63) is 30.1 Å². The van der Waals surface area contributed by atoms with Gasteiger partial charge in [0, 0.05) is 12.7 Å². The van der Waals surface area contributed by atoms with Crippen LogP contribution in [0, 0.1) is 11.8 Å². The highest BCUT2D eigenvalue weighted by atomic mass is 14.9. The van der Waals surface area contributed by atoms with E-state index in [1.54, 1.807) is 0 Å². The third-order valence-electron chi connectivity index (χ3n) is 3.56. The Morgan fingerprint density at radius 3 is 2.67 bits per heavy atom. The summed E-state index contributed by atoms with van der Waals surface area (Å²) in [5.74, 6) is 1.55. The maximum atomic E-state index is 4.33. The van der Waals surface area contributed by atoms with E-state index in [9.17, 15) is 0 Å². The van der Waals surface area contributed by atoms with Crippen LogP contribution in [0.25, 0.3) is 0 Å². The second-order valence-corrected chi connectivity index (χ2v) is 5.45. The van der Waals surface area contributed by atoms with Crippen LogP contribution < -0.4 is 5.32 Å². The number of nitrogens with zero attached hydrogens (tertiary/aromatic N) is 1. The largest absolute Gasteiger partial charge is 0.311 e. The maximum Gasteiger partial charge on any atom is 0.0541 e. The highest BCUT2D eigenvalue weighted by Gasteiger charge is 2.12. The molecule has 0 aliphatic carbocycles. The highest BCUT2D eigenvalue weighted by molar-refractivity contribution is 5.02. The first-order chi connectivity index (χ1) is 8.74. The van der Waals surface area contributed by atoms with Crippen molar-refractivity contribution in [3.63, 3.8) is 0 Å². The van der Waals surface area contributed by atoms with E-state index in [-0.39, 0.29) is 0 Å². The molecule has 1 unspecified atom stereocenters. The van der Waals surface area contributed by atoms with Gasteiger partial charge in [-0.05, 0) is 36.9 Å². The van der Waals surface area contributed by atoms with E-state index in [1.165, 1.54) is 25.7 Å². The van der Waals surface area contributed by atoms with Gasteiger partial charge in [0.25, 0.3) is 0 Å². The normalized spacial score (nSPS) is 12.9. The summed E-state index contributed by atoms with van der Waals surface area (Å²) in [5, 5.41) is 3.55. The van der Waals surface area contributed by atoms with Crippen LogP contribution in [0.4, 0.5) is 0 Å². The monoisotopic (exact) mass is 248 g/mol. The molecule has 0 aliphatic heterocycles. The van der Waals surface area contributed by atoms with Gasteiger partial charge in [0.1, 0.15) is 0 Å². The fourth-order valence-corrected chi connectivity index (χ4v) is 2.22. The summed E-state index contributed by atoms with van der Waals surface area (Å²) >= 11 is 0. The van der Waals surface area contributed by atoms with Crippen LogP contribution in [0.2, 0.25) is 0 Å². The lowest BCUT2D eigenvalue weighted by Gasteiger charge is -2.21. The molecule has 2 heteroatoms. The Morgan fingerprint density at radius 2 is 2.06 bits per heavy atom. The summed E-state index contributed by atoms with van der Waals surface area (Å²) in [6, 6.07) is 6.09. The Labute approximate surface area is 112 Å². The lowest BCUT2D eigenvalue weighted by Crippen LogP contribution is -2.26. The molecule has 1 rings (SSSR count). The van der Waals surface area contributed by atoms with Crippen LogP contribution in [0.3, 0.4) is 0 Å². The molecule has 0 saturated carbocycles. The Kier molecular flexibility index (Phi) is 7.66. The Hall–Kier alpha value is -0.890. The van der Waals surface area contributed by atoms with Crippen molar-refractivity contribution in [3.8, 4) is 0 Å². The molecule has 1 aromatic heterocycles. The van der Waals surface area contributed by atoms with Gasteiger partial charge in [0.05, 0.1) is 5.69 Å². The first-order valence-electron chi connectivity index (χ1n) is 7.34. The van der Waals surface area contributed by atoms with Gasteiger partial charge in [-0.3, -0.25) is 4.98 Å². The molecule has 0 bridgehead atoms. The van der Waals surface area contributed by atoms with Crippen molar-refractivity contribution in [1.82, 2.24) is 10.3 Å². The standard InChI is InChI=1S/C16H28N2/c1-4-5-6-9-15(14(2)3)12-17-13-16-10-7-8-11-18-16/h7-8,10-11,14-15,17H,4-6,9,12-13H2,1-3H3. The van der Waals surface area contributed by atoms with E-state index in [1.807, 2.05) is 18.3 Å². The lowest BCUT2D eigenvalue weighted by molar-refractivity contribution is 0.329. The molecule has 1 heterocycles. The third kappa shape index (κ3) is 6.15. The quantitative estimate of drug-likeness (QED) is 0.668. The van der Waals surface area contributed by atoms with Crippen molar-refractivity contribution >= 4 is 0 Å². The number of hydrogen-bond acceptors (Lipinski definition) is 2. The molecular weight excluding hydrogens is 220 g/mol. The van der Waals surface area contributed by atoms with Gasteiger partial charge in [0.15, 0.2) is 0 Å². The third-order valence-corrected chi connectivity index (χ3v) is 3.56. The van der Waals surface area contributed by atoms with Crippen LogP contribution in [0.15, 0.2) is 24.4 Å². The van der Waals surface area contributed by atoms with Gasteiger partial charge >= 0.3 is 0 Å². The van der Waals surface area contributed by atoms with Crippen molar-refractivity contribution in [1.29, 1.82) is 0 Å². The predicted octanol–water partition coefficient (Wildman–Crippen LogP) is 4.02. The summed E-state index contributed by atoms with van der Waals surface area (Å²) < 4.78 is 0. The molecule has 2 nitrogen and oxygen atoms in total. The van der Waals surface area contributed by atoms with Crippen molar-refractivity contribution in [2.75, 3.05) is 6.54 Å². The molecular formula is C16H28N2. The Bertz CT molecular complexity index is 295. The minimum Gasteiger partial charge on any atom is -0.311 e. The molecule has 0 spiro atoms. The van der Waals surface area contributed by atoms with E-state index < -0.39 is 0 Å². The fourth-order valence-electron chi connectivity index (χ4n) is 2.22. The van der Waals surface area contributed by atoms with E-state index in [2.05, 4.69) is 37.1 Å². The molecule has 1 aromatic rings. The molecule has 0 amide bonds. The lowest BCUT2D eigenvalue weighted by atomic mass is 9.90. The van der Waals surface area contributed by atoms with E-state index in [0.717, 1.165) is 30.6 Å². The molecule has 18 heavy (non-hydrogen) atoms. The summed E-state index contributed by atoms with van der Waals surface area (Å²) in [6.07, 6.45) is 7.25. The number of aromatic nitrogens is 1. The predicted molar refractivity (Wildman–Crippen MR) is 78.4 cm³/mol. The van der Waals surface area contributed by atoms with Crippen LogP contribution in [-0.2, 0) is 6.54 Å². The molecule has 0 aliphatic rings. The molecule has 1 atom stereocenters. The van der Waals surface area contributed by atoms with Gasteiger partial charge in [-0.1, -0.05) is 46.1 Å². The number of nitrogens with one attached hydrogen (secondary N) is 1. The molecule has 0 saturated heterocycles. The van der Waals surface area contributed by atoms with Gasteiger partial charge in [0.2, 0.25) is 0 Å². The minimum absolute atomic E-state index is 0.762. The van der Waals surface area contributed by atoms with Crippen molar-refractivity contribution < 1.29 is 0 Å². The average Bonchev–Trinajstić information content (AvgIpc) is 2.38. The van der Waals surface area contributed by atoms with Crippen LogP contribution in [-0.4, -0.2) is 11.5 Å². The SMILES string of the molecule is CCCCCC(CNCc1ccccn1)C(C)C. The van der Waals surface area contributed by atoms with E-state index in [4.69, 9.17) is 0 Å². The molecule has 1 N–H and O–H groups in total. The zero-order valence-corrected chi connectivity index (χ0v) is 12.2. The van der Waals surface area contributed by atoms with E-state index in [0.29, 0.717) is 0 Å². The highest BCUT2D eigenvalue weighted by Crippen LogP contribution is 2.18. The molecule has 0 fully saturated rings. The van der Waals surface area contributed by atoms with E-state index >= 15 is 0 Å². The molecule has 0 radical (unpaired) electrons. The number of rotatable bonds is 9. The number of unbranched alkanes of at least 4 members (excludes halogenated alkanes) is 2. The summed E-state index contributed by atoms with van der Waals surface area (Å²) in [7, 11) is 0. The van der Waals surface area contributed by atoms with Crippen LogP contribution >= 0.6 is 0 Å². The van der Waals surface area contributed by atoms with Gasteiger partial charge < -0.3 is 5.32 Å². The van der Waals surface area contributed by atoms with Crippen molar-refractivity contribution in [2.45, 2.75) is 53.0 Å². The second-order valence-electron chi connectivity index (χ2n) is 5.45. The van der Waals surface area contributed by atoms with Gasteiger partial charge in [-0.25, -0.2) is 0 Å². The first-order valence-corrected chi connectivity index (χ1v) is 7.34. The van der Waals surface area contributed by atoms with Gasteiger partial charge in [-0.15, -0.1) is 0 Å². The molecule has 0 aromatic carbocycles. The number of hydrogen-bond donors (Lipinski definition) is 1. The van der Waals surface area contributed by atoms with Crippen LogP contribution in [0.5, 0.6) is 0 Å². The van der Waals surface area contributed by atoms with Crippen LogP contribution in [0.1, 0.15) is 52.1 Å². The Morgan fingerprint density at radius 1 is 1.22 bits per heavy atom. The summed E-state index contributed by atoms with van der Waals surface area (Å²) in [6.45, 7) is 8.93. The first kappa shape index (κ1) is 15.2. The summed E-state index contributed by atoms with van der Waals surface area (Å²) in [5.41, 5.74) is 1.13.